The van der Waals surface area contributed by atoms with Gasteiger partial charge in [0.2, 0.25) is 5.91 Å². The van der Waals surface area contributed by atoms with E-state index in [0.717, 1.165) is 23.9 Å². The summed E-state index contributed by atoms with van der Waals surface area (Å²) in [7, 11) is 0. The third-order valence-corrected chi connectivity index (χ3v) is 5.50. The van der Waals surface area contributed by atoms with Crippen molar-refractivity contribution in [2.24, 2.45) is 0 Å². The second-order valence-corrected chi connectivity index (χ2v) is 8.07. The third-order valence-electron chi connectivity index (χ3n) is 5.50. The molecule has 1 heterocycles. The van der Waals surface area contributed by atoms with Crippen LogP contribution in [0, 0.1) is 0 Å². The molecule has 1 aromatic carbocycles. The van der Waals surface area contributed by atoms with E-state index in [0.29, 0.717) is 6.42 Å². The van der Waals surface area contributed by atoms with Gasteiger partial charge in [-0.1, -0.05) is 107 Å². The molecule has 0 spiro atoms. The van der Waals surface area contributed by atoms with Crippen LogP contribution in [0.5, 0.6) is 0 Å². The van der Waals surface area contributed by atoms with E-state index >= 15 is 0 Å². The largest absolute Gasteiger partial charge is 0.272 e. The number of hydrogen-bond acceptors (Lipinski definition) is 3. The topological polar surface area (TPSA) is 47.8 Å². The fourth-order valence-corrected chi connectivity index (χ4v) is 3.70. The summed E-state index contributed by atoms with van der Waals surface area (Å²) >= 11 is 0. The van der Waals surface area contributed by atoms with Gasteiger partial charge in [-0.2, -0.15) is 4.68 Å². The average molecular weight is 398 g/mol. The molecule has 0 bridgehead atoms. The summed E-state index contributed by atoms with van der Waals surface area (Å²) in [6, 6.07) is 7.57. The van der Waals surface area contributed by atoms with Gasteiger partial charge in [-0.25, -0.2) is 0 Å². The Morgan fingerprint density at radius 3 is 2.10 bits per heavy atom. The predicted octanol–water partition coefficient (Wildman–Crippen LogP) is 7.50. The first-order valence-corrected chi connectivity index (χ1v) is 11.8. The summed E-state index contributed by atoms with van der Waals surface area (Å²) in [5, 5.41) is 8.02. The highest BCUT2D eigenvalue weighted by Gasteiger charge is 2.10. The molecule has 1 aromatic heterocycles. The number of allylic oxidation sites excluding steroid dienone is 2. The zero-order chi connectivity index (χ0) is 20.6. The second kappa shape index (κ2) is 14.9. The maximum absolute atomic E-state index is 12.3. The SMILES string of the molecule is CCCCCCCCCCCCCC/C=C/CCC(=O)n1nnc2ccccc21. The normalized spacial score (nSPS) is 11.6. The minimum absolute atomic E-state index is 0.00807. The van der Waals surface area contributed by atoms with Gasteiger partial charge in [-0.05, 0) is 31.4 Å². The van der Waals surface area contributed by atoms with E-state index in [1.807, 2.05) is 24.3 Å². The van der Waals surface area contributed by atoms with Crippen molar-refractivity contribution in [1.29, 1.82) is 0 Å². The quantitative estimate of drug-likeness (QED) is 0.218. The van der Waals surface area contributed by atoms with E-state index < -0.39 is 0 Å². The Hall–Kier alpha value is -1.97. The zero-order valence-corrected chi connectivity index (χ0v) is 18.3. The Labute approximate surface area is 176 Å². The molecule has 4 heteroatoms. The fraction of sp³-hybridized carbons (Fsp3) is 0.640. The minimum atomic E-state index is 0.00807. The van der Waals surface area contributed by atoms with Crippen molar-refractivity contribution >= 4 is 16.9 Å². The van der Waals surface area contributed by atoms with Crippen molar-refractivity contribution < 1.29 is 4.79 Å². The van der Waals surface area contributed by atoms with E-state index in [1.54, 1.807) is 0 Å². The minimum Gasteiger partial charge on any atom is -0.272 e. The lowest BCUT2D eigenvalue weighted by molar-refractivity contribution is 0.0891. The van der Waals surface area contributed by atoms with Crippen LogP contribution in [0.2, 0.25) is 0 Å². The van der Waals surface area contributed by atoms with Crippen LogP contribution in [0.4, 0.5) is 0 Å². The van der Waals surface area contributed by atoms with Crippen molar-refractivity contribution in [3.05, 3.63) is 36.4 Å². The summed E-state index contributed by atoms with van der Waals surface area (Å²) < 4.78 is 1.42. The molecule has 0 N–H and O–H groups in total. The molecule has 4 nitrogen and oxygen atoms in total. The molecule has 29 heavy (non-hydrogen) atoms. The zero-order valence-electron chi connectivity index (χ0n) is 18.3. The highest BCUT2D eigenvalue weighted by atomic mass is 16.2. The lowest BCUT2D eigenvalue weighted by Crippen LogP contribution is -2.11. The first kappa shape index (κ1) is 23.3. The molecule has 2 rings (SSSR count). The lowest BCUT2D eigenvalue weighted by Gasteiger charge is -2.02. The van der Waals surface area contributed by atoms with Crippen LogP contribution in [0.1, 0.15) is 108 Å². The van der Waals surface area contributed by atoms with Crippen LogP contribution in [0.15, 0.2) is 36.4 Å². The standard InChI is InChI=1S/C25H39N3O/c1-2-3-4-5-6-7-8-9-10-11-12-13-14-15-16-17-22-25(29)28-24-21-19-18-20-23(24)26-27-28/h15-16,18-21H,2-14,17,22H2,1H3/b16-15+. The van der Waals surface area contributed by atoms with Crippen LogP contribution < -0.4 is 0 Å². The van der Waals surface area contributed by atoms with Crippen LogP contribution >= 0.6 is 0 Å². The van der Waals surface area contributed by atoms with E-state index in [4.69, 9.17) is 0 Å². The van der Waals surface area contributed by atoms with Crippen LogP contribution in [0.3, 0.4) is 0 Å². The number of para-hydroxylation sites is 1. The van der Waals surface area contributed by atoms with Gasteiger partial charge in [0.05, 0.1) is 5.52 Å². The Kier molecular flexibility index (Phi) is 12.0. The molecule has 0 radical (unpaired) electrons. The van der Waals surface area contributed by atoms with Crippen LogP contribution in [0.25, 0.3) is 11.0 Å². The van der Waals surface area contributed by atoms with E-state index in [-0.39, 0.29) is 5.91 Å². The average Bonchev–Trinajstić information content (AvgIpc) is 3.17. The molecular weight excluding hydrogens is 358 g/mol. The summed E-state index contributed by atoms with van der Waals surface area (Å²) in [6.07, 6.45) is 23.3. The highest BCUT2D eigenvalue weighted by Crippen LogP contribution is 2.13. The Morgan fingerprint density at radius 1 is 0.828 bits per heavy atom. The highest BCUT2D eigenvalue weighted by molar-refractivity contribution is 5.88. The number of carbonyl (C=O) groups is 1. The molecule has 0 aliphatic carbocycles. The van der Waals surface area contributed by atoms with Crippen molar-refractivity contribution in [3.8, 4) is 0 Å². The first-order chi connectivity index (χ1) is 14.3. The maximum Gasteiger partial charge on any atom is 0.249 e. The van der Waals surface area contributed by atoms with Gasteiger partial charge >= 0.3 is 0 Å². The van der Waals surface area contributed by atoms with Gasteiger partial charge in [-0.15, -0.1) is 5.10 Å². The molecular formula is C25H39N3O. The van der Waals surface area contributed by atoms with Gasteiger partial charge in [0.1, 0.15) is 5.52 Å². The number of unbranched alkanes of at least 4 members (excludes halogenated alkanes) is 12. The van der Waals surface area contributed by atoms with Gasteiger partial charge in [0.25, 0.3) is 0 Å². The lowest BCUT2D eigenvalue weighted by atomic mass is 10.0. The molecule has 0 saturated heterocycles. The van der Waals surface area contributed by atoms with E-state index in [2.05, 4.69) is 29.4 Å². The second-order valence-electron chi connectivity index (χ2n) is 8.07. The molecule has 0 atom stereocenters. The number of rotatable bonds is 16. The smallest absolute Gasteiger partial charge is 0.249 e. The van der Waals surface area contributed by atoms with E-state index in [1.165, 1.54) is 81.7 Å². The number of fused-ring (bicyclic) bond motifs is 1. The molecule has 160 valence electrons. The number of nitrogens with zero attached hydrogens (tertiary/aromatic N) is 3. The monoisotopic (exact) mass is 397 g/mol. The Balaban J connectivity index is 1.42. The van der Waals surface area contributed by atoms with Gasteiger partial charge in [0.15, 0.2) is 0 Å². The van der Waals surface area contributed by atoms with Crippen LogP contribution in [-0.2, 0) is 0 Å². The molecule has 2 aromatic rings. The molecule has 0 unspecified atom stereocenters. The fourth-order valence-electron chi connectivity index (χ4n) is 3.70. The molecule has 0 amide bonds. The van der Waals surface area contributed by atoms with Crippen molar-refractivity contribution in [3.63, 3.8) is 0 Å². The molecule has 0 fully saturated rings. The van der Waals surface area contributed by atoms with Crippen LogP contribution in [-0.4, -0.2) is 20.9 Å². The molecule has 0 aliphatic rings. The first-order valence-electron chi connectivity index (χ1n) is 11.8. The summed E-state index contributed by atoms with van der Waals surface area (Å²) in [6.45, 7) is 2.28. The Morgan fingerprint density at radius 2 is 1.41 bits per heavy atom. The number of carbonyl (C=O) groups excluding carboxylic acids is 1. The maximum atomic E-state index is 12.3. The number of hydrogen-bond donors (Lipinski definition) is 0. The predicted molar refractivity (Wildman–Crippen MR) is 122 cm³/mol. The molecule has 0 aliphatic heterocycles. The summed E-state index contributed by atoms with van der Waals surface area (Å²) in [4.78, 5) is 12.3. The van der Waals surface area contributed by atoms with Gasteiger partial charge < -0.3 is 0 Å². The van der Waals surface area contributed by atoms with E-state index in [9.17, 15) is 4.79 Å². The Bertz CT molecular complexity index is 720. The van der Waals surface area contributed by atoms with Crippen molar-refractivity contribution in [2.75, 3.05) is 0 Å². The van der Waals surface area contributed by atoms with Crippen molar-refractivity contribution in [1.82, 2.24) is 15.0 Å². The summed E-state index contributed by atoms with van der Waals surface area (Å²) in [5.41, 5.74) is 1.56. The van der Waals surface area contributed by atoms with Gasteiger partial charge in [-0.3, -0.25) is 4.79 Å². The van der Waals surface area contributed by atoms with Crippen molar-refractivity contribution in [2.45, 2.75) is 103 Å². The summed E-state index contributed by atoms with van der Waals surface area (Å²) in [5.74, 6) is 0.00807. The van der Waals surface area contributed by atoms with Gasteiger partial charge in [0, 0.05) is 6.42 Å². The number of aromatic nitrogens is 3. The third kappa shape index (κ3) is 9.38. The number of benzene rings is 1. The molecule has 0 saturated carbocycles.